The monoisotopic (exact) mass is 428 g/mol. The fourth-order valence-electron chi connectivity index (χ4n) is 3.70. The van der Waals surface area contributed by atoms with Crippen LogP contribution in [-0.4, -0.2) is 50.3 Å². The summed E-state index contributed by atoms with van der Waals surface area (Å²) in [5.41, 5.74) is 0. The Labute approximate surface area is 170 Å². The van der Waals surface area contributed by atoms with Crippen molar-refractivity contribution in [3.05, 3.63) is 29.3 Å². The maximum Gasteiger partial charge on any atom is 0.310 e. The first-order chi connectivity index (χ1) is 13.4. The third-order valence-electron chi connectivity index (χ3n) is 5.23. The summed E-state index contributed by atoms with van der Waals surface area (Å²) < 4.78 is 32.0. The Balaban J connectivity index is 1.54. The lowest BCUT2D eigenvalue weighted by Crippen LogP contribution is -2.43. The molecule has 1 aliphatic carbocycles. The van der Waals surface area contributed by atoms with Crippen LogP contribution in [0.4, 0.5) is 0 Å². The average Bonchev–Trinajstić information content (AvgIpc) is 3.19. The molecule has 1 aliphatic heterocycles. The molecule has 154 valence electrons. The Morgan fingerprint density at radius 1 is 1.11 bits per heavy atom. The minimum absolute atomic E-state index is 0.0496. The normalized spacial score (nSPS) is 21.4. The molecular formula is C19H25ClN2O5S. The average molecular weight is 429 g/mol. The van der Waals surface area contributed by atoms with E-state index in [1.165, 1.54) is 28.6 Å². The molecule has 1 atom stereocenters. The molecule has 2 fully saturated rings. The Kier molecular flexibility index (Phi) is 6.95. The van der Waals surface area contributed by atoms with Gasteiger partial charge in [-0.15, -0.1) is 0 Å². The van der Waals surface area contributed by atoms with Gasteiger partial charge in [0.1, 0.15) is 0 Å². The highest BCUT2D eigenvalue weighted by atomic mass is 35.5. The summed E-state index contributed by atoms with van der Waals surface area (Å²) in [5, 5.41) is 3.32. The Bertz CT molecular complexity index is 806. The van der Waals surface area contributed by atoms with Crippen molar-refractivity contribution in [2.75, 3.05) is 19.7 Å². The van der Waals surface area contributed by atoms with E-state index in [4.69, 9.17) is 16.3 Å². The van der Waals surface area contributed by atoms with Crippen LogP contribution in [0.15, 0.2) is 29.2 Å². The number of amides is 1. The zero-order chi connectivity index (χ0) is 20.1. The molecule has 1 unspecified atom stereocenters. The van der Waals surface area contributed by atoms with Gasteiger partial charge < -0.3 is 10.1 Å². The van der Waals surface area contributed by atoms with Crippen LogP contribution >= 0.6 is 11.6 Å². The smallest absolute Gasteiger partial charge is 0.310 e. The first-order valence-corrected chi connectivity index (χ1v) is 11.4. The van der Waals surface area contributed by atoms with Crippen molar-refractivity contribution in [1.82, 2.24) is 9.62 Å². The van der Waals surface area contributed by atoms with Gasteiger partial charge in [0, 0.05) is 24.2 Å². The molecule has 1 saturated carbocycles. The Morgan fingerprint density at radius 2 is 1.79 bits per heavy atom. The van der Waals surface area contributed by atoms with Crippen LogP contribution < -0.4 is 5.32 Å². The highest BCUT2D eigenvalue weighted by Crippen LogP contribution is 2.25. The van der Waals surface area contributed by atoms with E-state index in [1.54, 1.807) is 0 Å². The Hall–Kier alpha value is -1.64. The number of carbonyl (C=O) groups is 2. The lowest BCUT2D eigenvalue weighted by atomic mass is 10.00. The first-order valence-electron chi connectivity index (χ1n) is 9.58. The summed E-state index contributed by atoms with van der Waals surface area (Å²) in [6.45, 7) is 0.0701. The number of hydrogen-bond acceptors (Lipinski definition) is 5. The molecule has 1 aromatic rings. The number of piperidine rings is 1. The first kappa shape index (κ1) is 21.1. The van der Waals surface area contributed by atoms with Crippen molar-refractivity contribution in [2.45, 2.75) is 49.5 Å². The highest BCUT2D eigenvalue weighted by molar-refractivity contribution is 7.89. The van der Waals surface area contributed by atoms with E-state index in [-0.39, 0.29) is 30.0 Å². The van der Waals surface area contributed by atoms with Gasteiger partial charge in [-0.2, -0.15) is 4.31 Å². The number of nitrogens with zero attached hydrogens (tertiary/aromatic N) is 1. The standard InChI is InChI=1S/C19H25ClN2O5S/c20-15-7-9-17(10-8-15)28(25,26)22-11-3-4-14(12-22)19(24)27-13-18(23)21-16-5-1-2-6-16/h7-10,14,16H,1-6,11-13H2,(H,21,23). The summed E-state index contributed by atoms with van der Waals surface area (Å²) >= 11 is 5.82. The van der Waals surface area contributed by atoms with Gasteiger partial charge in [-0.05, 0) is 49.9 Å². The number of rotatable bonds is 6. The van der Waals surface area contributed by atoms with Crippen molar-refractivity contribution in [1.29, 1.82) is 0 Å². The summed E-state index contributed by atoms with van der Waals surface area (Å²) in [6, 6.07) is 6.11. The molecule has 0 bridgehead atoms. The molecule has 3 rings (SSSR count). The van der Waals surface area contributed by atoms with Gasteiger partial charge in [0.25, 0.3) is 5.91 Å². The predicted octanol–water partition coefficient (Wildman–Crippen LogP) is 2.34. The van der Waals surface area contributed by atoms with E-state index >= 15 is 0 Å². The van der Waals surface area contributed by atoms with Gasteiger partial charge in [0.15, 0.2) is 6.61 Å². The van der Waals surface area contributed by atoms with Crippen LogP contribution in [0.3, 0.4) is 0 Å². The second-order valence-corrected chi connectivity index (χ2v) is 9.69. The maximum atomic E-state index is 12.8. The van der Waals surface area contributed by atoms with Crippen molar-refractivity contribution >= 4 is 33.5 Å². The summed E-state index contributed by atoms with van der Waals surface area (Å²) in [7, 11) is -3.70. The van der Waals surface area contributed by atoms with Crippen LogP contribution in [0.25, 0.3) is 0 Å². The van der Waals surface area contributed by atoms with E-state index < -0.39 is 21.9 Å². The molecule has 1 saturated heterocycles. The number of carbonyl (C=O) groups excluding carboxylic acids is 2. The lowest BCUT2D eigenvalue weighted by Gasteiger charge is -2.30. The summed E-state index contributed by atoms with van der Waals surface area (Å²) in [4.78, 5) is 24.4. The molecule has 0 aromatic heterocycles. The lowest BCUT2D eigenvalue weighted by molar-refractivity contribution is -0.153. The van der Waals surface area contributed by atoms with E-state index in [1.807, 2.05) is 0 Å². The maximum absolute atomic E-state index is 12.8. The van der Waals surface area contributed by atoms with Gasteiger partial charge in [-0.1, -0.05) is 24.4 Å². The molecule has 7 nitrogen and oxygen atoms in total. The van der Waals surface area contributed by atoms with Crippen LogP contribution in [0.2, 0.25) is 5.02 Å². The van der Waals surface area contributed by atoms with Crippen molar-refractivity contribution in [3.8, 4) is 0 Å². The second kappa shape index (κ2) is 9.24. The van der Waals surface area contributed by atoms with Crippen molar-refractivity contribution in [3.63, 3.8) is 0 Å². The molecule has 1 N–H and O–H groups in total. The van der Waals surface area contributed by atoms with Crippen LogP contribution in [0.1, 0.15) is 38.5 Å². The number of halogens is 1. The topological polar surface area (TPSA) is 92.8 Å². The van der Waals surface area contributed by atoms with Crippen LogP contribution in [-0.2, 0) is 24.3 Å². The molecule has 1 aromatic carbocycles. The quantitative estimate of drug-likeness (QED) is 0.702. The Morgan fingerprint density at radius 3 is 2.46 bits per heavy atom. The fraction of sp³-hybridized carbons (Fsp3) is 0.579. The molecular weight excluding hydrogens is 404 g/mol. The number of nitrogens with one attached hydrogen (secondary N) is 1. The molecule has 1 heterocycles. The van der Waals surface area contributed by atoms with E-state index in [2.05, 4.69) is 5.32 Å². The number of ether oxygens (including phenoxy) is 1. The molecule has 9 heteroatoms. The van der Waals surface area contributed by atoms with Gasteiger partial charge in [-0.25, -0.2) is 8.42 Å². The SMILES string of the molecule is O=C(COC(=O)C1CCCN(S(=O)(=O)c2ccc(Cl)cc2)C1)NC1CCCC1. The molecule has 0 spiro atoms. The van der Waals surface area contributed by atoms with Crippen LogP contribution in [0, 0.1) is 5.92 Å². The number of esters is 1. The molecule has 28 heavy (non-hydrogen) atoms. The van der Waals surface area contributed by atoms with E-state index in [9.17, 15) is 18.0 Å². The van der Waals surface area contributed by atoms with Crippen molar-refractivity contribution < 1.29 is 22.7 Å². The molecule has 0 radical (unpaired) electrons. The minimum Gasteiger partial charge on any atom is -0.455 e. The summed E-state index contributed by atoms with van der Waals surface area (Å²) in [6.07, 6.45) is 5.21. The molecule has 1 amide bonds. The van der Waals surface area contributed by atoms with Gasteiger partial charge in [-0.3, -0.25) is 9.59 Å². The van der Waals surface area contributed by atoms with Gasteiger partial charge in [0.2, 0.25) is 10.0 Å². The number of hydrogen-bond donors (Lipinski definition) is 1. The van der Waals surface area contributed by atoms with Crippen LogP contribution in [0.5, 0.6) is 0 Å². The van der Waals surface area contributed by atoms with E-state index in [0.717, 1.165) is 25.7 Å². The zero-order valence-corrected chi connectivity index (χ0v) is 17.2. The molecule has 2 aliphatic rings. The fourth-order valence-corrected chi connectivity index (χ4v) is 5.35. The predicted molar refractivity (Wildman–Crippen MR) is 104 cm³/mol. The van der Waals surface area contributed by atoms with Crippen molar-refractivity contribution in [2.24, 2.45) is 5.92 Å². The second-order valence-electron chi connectivity index (χ2n) is 7.31. The third kappa shape index (κ3) is 5.24. The van der Waals surface area contributed by atoms with Gasteiger partial charge >= 0.3 is 5.97 Å². The minimum atomic E-state index is -3.70. The third-order valence-corrected chi connectivity index (χ3v) is 7.37. The summed E-state index contributed by atoms with van der Waals surface area (Å²) in [5.74, 6) is -1.41. The number of sulfonamides is 1. The zero-order valence-electron chi connectivity index (χ0n) is 15.6. The largest absolute Gasteiger partial charge is 0.455 e. The number of benzene rings is 1. The van der Waals surface area contributed by atoms with Gasteiger partial charge in [0.05, 0.1) is 10.8 Å². The van der Waals surface area contributed by atoms with E-state index in [0.29, 0.717) is 24.4 Å². The highest BCUT2D eigenvalue weighted by Gasteiger charge is 2.34.